The van der Waals surface area contributed by atoms with Crippen molar-refractivity contribution in [3.05, 3.63) is 89.6 Å². The topological polar surface area (TPSA) is 89.3 Å². The first-order valence-electron chi connectivity index (χ1n) is 10.1. The Morgan fingerprint density at radius 1 is 1.10 bits per heavy atom. The highest BCUT2D eigenvalue weighted by molar-refractivity contribution is 5.78. The molecule has 1 atom stereocenters. The molecule has 4 rings (SSSR count). The number of aliphatic hydroxyl groups is 1. The van der Waals surface area contributed by atoms with Crippen LogP contribution in [0.15, 0.2) is 72.9 Å². The Kier molecular flexibility index (Phi) is 6.24. The zero-order valence-corrected chi connectivity index (χ0v) is 17.2. The average Bonchev–Trinajstić information content (AvgIpc) is 3.15. The van der Waals surface area contributed by atoms with E-state index in [9.17, 15) is 9.90 Å². The van der Waals surface area contributed by atoms with Gasteiger partial charge in [0.2, 0.25) is 0 Å². The van der Waals surface area contributed by atoms with Crippen LogP contribution in [0.1, 0.15) is 22.7 Å². The molecule has 0 fully saturated rings. The predicted molar refractivity (Wildman–Crippen MR) is 118 cm³/mol. The number of hydrogen-bond acceptors (Lipinski definition) is 5. The van der Waals surface area contributed by atoms with Gasteiger partial charge in [0, 0.05) is 6.20 Å². The first kappa shape index (κ1) is 20.6. The molecule has 4 aromatic rings. The number of hydrogen-bond donors (Lipinski definition) is 2. The maximum Gasteiger partial charge on any atom is 0.299 e. The van der Waals surface area contributed by atoms with Crippen molar-refractivity contribution in [1.82, 2.24) is 19.9 Å². The molecule has 0 unspecified atom stereocenters. The fourth-order valence-corrected chi connectivity index (χ4v) is 3.35. The van der Waals surface area contributed by atoms with Crippen molar-refractivity contribution >= 4 is 17.1 Å². The van der Waals surface area contributed by atoms with E-state index in [1.54, 1.807) is 6.20 Å². The van der Waals surface area contributed by atoms with Gasteiger partial charge in [-0.05, 0) is 30.2 Å². The molecule has 2 heterocycles. The molecule has 0 radical (unpaired) electrons. The number of aromatic nitrogens is 3. The smallest absolute Gasteiger partial charge is 0.299 e. The molecule has 7 nitrogen and oxygen atoms in total. The van der Waals surface area contributed by atoms with Crippen LogP contribution in [0.3, 0.4) is 0 Å². The maximum atomic E-state index is 12.5. The van der Waals surface area contributed by atoms with Crippen molar-refractivity contribution in [3.63, 3.8) is 0 Å². The minimum Gasteiger partial charge on any atom is -0.455 e. The SMILES string of the molecule is Cc1ccc(Cn2c(OCC(=O)N[C@@H](CO)c3ccccc3)nc3cccnc32)cc1. The maximum absolute atomic E-state index is 12.5. The molecule has 0 aliphatic rings. The molecule has 0 bridgehead atoms. The predicted octanol–water partition coefficient (Wildman–Crippen LogP) is 3.02. The lowest BCUT2D eigenvalue weighted by Crippen LogP contribution is -2.34. The highest BCUT2D eigenvalue weighted by Gasteiger charge is 2.17. The Hall–Kier alpha value is -3.71. The molecule has 0 saturated carbocycles. The van der Waals surface area contributed by atoms with Crippen LogP contribution in [-0.4, -0.2) is 38.8 Å². The van der Waals surface area contributed by atoms with Gasteiger partial charge in [-0.1, -0.05) is 60.2 Å². The molecular weight excluding hydrogens is 392 g/mol. The molecule has 0 aliphatic heterocycles. The first-order chi connectivity index (χ1) is 15.1. The van der Waals surface area contributed by atoms with E-state index in [1.807, 2.05) is 66.1 Å². The highest BCUT2D eigenvalue weighted by atomic mass is 16.5. The molecule has 31 heavy (non-hydrogen) atoms. The zero-order chi connectivity index (χ0) is 21.6. The number of carbonyl (C=O) groups excluding carboxylic acids is 1. The van der Waals surface area contributed by atoms with E-state index in [2.05, 4.69) is 27.4 Å². The van der Waals surface area contributed by atoms with E-state index in [0.29, 0.717) is 23.7 Å². The molecular formula is C24H24N4O3. The summed E-state index contributed by atoms with van der Waals surface area (Å²) in [6.07, 6.45) is 1.71. The van der Waals surface area contributed by atoms with E-state index < -0.39 is 6.04 Å². The summed E-state index contributed by atoms with van der Waals surface area (Å²) in [6.45, 7) is 2.14. The lowest BCUT2D eigenvalue weighted by atomic mass is 10.1. The van der Waals surface area contributed by atoms with Crippen molar-refractivity contribution in [2.75, 3.05) is 13.2 Å². The molecule has 2 N–H and O–H groups in total. The summed E-state index contributed by atoms with van der Waals surface area (Å²) in [4.78, 5) is 21.4. The number of aryl methyl sites for hydroxylation is 1. The quantitative estimate of drug-likeness (QED) is 0.461. The summed E-state index contributed by atoms with van der Waals surface area (Å²) in [5.41, 5.74) is 4.48. The summed E-state index contributed by atoms with van der Waals surface area (Å²) >= 11 is 0. The number of pyridine rings is 1. The summed E-state index contributed by atoms with van der Waals surface area (Å²) < 4.78 is 7.63. The molecule has 2 aromatic heterocycles. The number of rotatable bonds is 8. The molecule has 1 amide bonds. The van der Waals surface area contributed by atoms with Crippen LogP contribution in [0.4, 0.5) is 0 Å². The lowest BCUT2D eigenvalue weighted by molar-refractivity contribution is -0.124. The van der Waals surface area contributed by atoms with E-state index in [4.69, 9.17) is 4.74 Å². The summed E-state index contributed by atoms with van der Waals surface area (Å²) in [7, 11) is 0. The Labute approximate surface area is 180 Å². The minimum atomic E-state index is -0.495. The number of nitrogens with one attached hydrogen (secondary N) is 1. The molecule has 0 saturated heterocycles. The number of amides is 1. The Morgan fingerprint density at radius 2 is 1.87 bits per heavy atom. The van der Waals surface area contributed by atoms with Crippen LogP contribution in [0.25, 0.3) is 11.2 Å². The van der Waals surface area contributed by atoms with Crippen LogP contribution < -0.4 is 10.1 Å². The normalized spacial score (nSPS) is 11.9. The summed E-state index contributed by atoms with van der Waals surface area (Å²) in [5.74, 6) is -0.343. The third kappa shape index (κ3) is 4.90. The van der Waals surface area contributed by atoms with Crippen LogP contribution in [0.2, 0.25) is 0 Å². The second-order valence-corrected chi connectivity index (χ2v) is 7.31. The Balaban J connectivity index is 1.50. The Morgan fingerprint density at radius 3 is 2.61 bits per heavy atom. The largest absolute Gasteiger partial charge is 0.455 e. The third-order valence-corrected chi connectivity index (χ3v) is 4.98. The van der Waals surface area contributed by atoms with E-state index >= 15 is 0 Å². The van der Waals surface area contributed by atoms with Gasteiger partial charge in [-0.2, -0.15) is 4.98 Å². The third-order valence-electron chi connectivity index (χ3n) is 4.98. The number of carbonyl (C=O) groups is 1. The van der Waals surface area contributed by atoms with Gasteiger partial charge >= 0.3 is 0 Å². The van der Waals surface area contributed by atoms with Crippen molar-refractivity contribution in [2.45, 2.75) is 19.5 Å². The van der Waals surface area contributed by atoms with Gasteiger partial charge in [0.25, 0.3) is 11.9 Å². The van der Waals surface area contributed by atoms with Gasteiger partial charge in [-0.15, -0.1) is 0 Å². The van der Waals surface area contributed by atoms with E-state index in [-0.39, 0.29) is 19.1 Å². The number of nitrogens with zero attached hydrogens (tertiary/aromatic N) is 3. The second-order valence-electron chi connectivity index (χ2n) is 7.31. The average molecular weight is 416 g/mol. The van der Waals surface area contributed by atoms with Crippen LogP contribution in [-0.2, 0) is 11.3 Å². The van der Waals surface area contributed by atoms with Gasteiger partial charge in [-0.3, -0.25) is 9.36 Å². The summed E-state index contributed by atoms with van der Waals surface area (Å²) in [6, 6.07) is 21.0. The van der Waals surface area contributed by atoms with E-state index in [1.165, 1.54) is 5.56 Å². The second kappa shape index (κ2) is 9.40. The molecule has 0 spiro atoms. The number of imidazole rings is 1. The monoisotopic (exact) mass is 416 g/mol. The lowest BCUT2D eigenvalue weighted by Gasteiger charge is -2.17. The first-order valence-corrected chi connectivity index (χ1v) is 10.1. The van der Waals surface area contributed by atoms with Crippen molar-refractivity contribution in [2.24, 2.45) is 0 Å². The zero-order valence-electron chi connectivity index (χ0n) is 17.2. The van der Waals surface area contributed by atoms with Crippen LogP contribution in [0.5, 0.6) is 6.01 Å². The molecule has 7 heteroatoms. The molecule has 2 aromatic carbocycles. The number of benzene rings is 2. The van der Waals surface area contributed by atoms with Gasteiger partial charge in [0.15, 0.2) is 12.3 Å². The van der Waals surface area contributed by atoms with Crippen LogP contribution >= 0.6 is 0 Å². The summed E-state index contributed by atoms with van der Waals surface area (Å²) in [5, 5.41) is 12.5. The van der Waals surface area contributed by atoms with Crippen LogP contribution in [0, 0.1) is 6.92 Å². The van der Waals surface area contributed by atoms with Crippen molar-refractivity contribution in [3.8, 4) is 6.01 Å². The minimum absolute atomic E-state index is 0.203. The van der Waals surface area contributed by atoms with Crippen molar-refractivity contribution < 1.29 is 14.6 Å². The molecule has 158 valence electrons. The number of fused-ring (bicyclic) bond motifs is 1. The number of ether oxygens (including phenoxy) is 1. The van der Waals surface area contributed by atoms with E-state index in [0.717, 1.165) is 11.1 Å². The van der Waals surface area contributed by atoms with Gasteiger partial charge in [0.05, 0.1) is 19.2 Å². The Bertz CT molecular complexity index is 1160. The van der Waals surface area contributed by atoms with Gasteiger partial charge < -0.3 is 15.2 Å². The highest BCUT2D eigenvalue weighted by Crippen LogP contribution is 2.21. The van der Waals surface area contributed by atoms with Gasteiger partial charge in [-0.25, -0.2) is 4.98 Å². The number of aliphatic hydroxyl groups excluding tert-OH is 1. The fraction of sp³-hybridized carbons (Fsp3) is 0.208. The molecule has 0 aliphatic carbocycles. The van der Waals surface area contributed by atoms with Gasteiger partial charge in [0.1, 0.15) is 5.52 Å². The fourth-order valence-electron chi connectivity index (χ4n) is 3.35. The standard InChI is InChI=1S/C24H24N4O3/c1-17-9-11-18(12-10-17)14-28-23-20(8-5-13-25-23)27-24(28)31-16-22(30)26-21(15-29)19-6-3-2-4-7-19/h2-13,21,29H,14-16H2,1H3,(H,26,30)/t21-/m0/s1. The van der Waals surface area contributed by atoms with Crippen molar-refractivity contribution in [1.29, 1.82) is 0 Å².